The second-order valence-electron chi connectivity index (χ2n) is 5.21. The van der Waals surface area contributed by atoms with E-state index in [-0.39, 0.29) is 5.54 Å². The summed E-state index contributed by atoms with van der Waals surface area (Å²) in [6, 6.07) is 0. The molecule has 16 heavy (non-hydrogen) atoms. The van der Waals surface area contributed by atoms with Crippen molar-refractivity contribution < 1.29 is 0 Å². The Morgan fingerprint density at radius 3 is 2.69 bits per heavy atom. The van der Waals surface area contributed by atoms with Gasteiger partial charge in [-0.05, 0) is 46.2 Å². The summed E-state index contributed by atoms with van der Waals surface area (Å²) in [7, 11) is 2.02. The van der Waals surface area contributed by atoms with Crippen molar-refractivity contribution in [3.63, 3.8) is 0 Å². The number of rotatable bonds is 4. The summed E-state index contributed by atoms with van der Waals surface area (Å²) < 4.78 is 2.04. The molecule has 0 aliphatic carbocycles. The molecule has 1 aromatic heterocycles. The first-order chi connectivity index (χ1) is 7.40. The summed E-state index contributed by atoms with van der Waals surface area (Å²) >= 11 is 0. The molecule has 0 aliphatic heterocycles. The molecule has 0 atom stereocenters. The van der Waals surface area contributed by atoms with Gasteiger partial charge in [-0.1, -0.05) is 6.08 Å². The maximum atomic E-state index is 4.32. The highest BCUT2D eigenvalue weighted by Gasteiger charge is 2.07. The zero-order chi connectivity index (χ0) is 12.2. The first kappa shape index (κ1) is 13.0. The van der Waals surface area contributed by atoms with Crippen LogP contribution in [0.25, 0.3) is 5.57 Å². The minimum Gasteiger partial charge on any atom is -0.334 e. The summed E-state index contributed by atoms with van der Waals surface area (Å²) in [5, 5.41) is 3.47. The number of nitrogens with one attached hydrogen (secondary N) is 1. The summed E-state index contributed by atoms with van der Waals surface area (Å²) in [6.07, 6.45) is 7.08. The zero-order valence-electron chi connectivity index (χ0n) is 11.0. The second kappa shape index (κ2) is 5.30. The van der Waals surface area contributed by atoms with E-state index in [1.807, 2.05) is 24.0 Å². The highest BCUT2D eigenvalue weighted by Crippen LogP contribution is 2.10. The van der Waals surface area contributed by atoms with E-state index >= 15 is 0 Å². The van der Waals surface area contributed by atoms with Crippen molar-refractivity contribution in [3.05, 3.63) is 24.3 Å². The Morgan fingerprint density at radius 1 is 1.50 bits per heavy atom. The van der Waals surface area contributed by atoms with E-state index in [9.17, 15) is 0 Å². The van der Waals surface area contributed by atoms with E-state index in [1.54, 1.807) is 0 Å². The van der Waals surface area contributed by atoms with Gasteiger partial charge in [0.25, 0.3) is 0 Å². The van der Waals surface area contributed by atoms with Crippen LogP contribution in [0, 0.1) is 0 Å². The van der Waals surface area contributed by atoms with Crippen molar-refractivity contribution in [1.29, 1.82) is 0 Å². The lowest BCUT2D eigenvalue weighted by atomic mass is 10.1. The Bertz CT molecular complexity index is 355. The van der Waals surface area contributed by atoms with E-state index in [1.165, 1.54) is 5.57 Å². The summed E-state index contributed by atoms with van der Waals surface area (Å²) in [4.78, 5) is 4.32. The number of nitrogens with zero attached hydrogens (tertiary/aromatic N) is 2. The van der Waals surface area contributed by atoms with Crippen molar-refractivity contribution in [2.75, 3.05) is 6.54 Å². The number of hydrogen-bond donors (Lipinski definition) is 1. The third-order valence-corrected chi connectivity index (χ3v) is 2.42. The van der Waals surface area contributed by atoms with Gasteiger partial charge in [-0.2, -0.15) is 0 Å². The number of hydrogen-bond acceptors (Lipinski definition) is 2. The lowest BCUT2D eigenvalue weighted by Crippen LogP contribution is -2.36. The van der Waals surface area contributed by atoms with Crippen LogP contribution in [0.5, 0.6) is 0 Å². The third-order valence-electron chi connectivity index (χ3n) is 2.42. The summed E-state index contributed by atoms with van der Waals surface area (Å²) in [5.41, 5.74) is 1.44. The van der Waals surface area contributed by atoms with Crippen LogP contribution in [0.15, 0.2) is 18.5 Å². The molecule has 1 N–H and O–H groups in total. The number of aromatic nitrogens is 2. The van der Waals surface area contributed by atoms with Crippen LogP contribution in [-0.2, 0) is 7.05 Å². The molecule has 1 heterocycles. The van der Waals surface area contributed by atoms with Crippen LogP contribution >= 0.6 is 0 Å². The van der Waals surface area contributed by atoms with Crippen molar-refractivity contribution in [2.45, 2.75) is 39.7 Å². The number of imidazole rings is 1. The van der Waals surface area contributed by atoms with Gasteiger partial charge in [-0.25, -0.2) is 4.98 Å². The standard InChI is InChI=1S/C13H23N3/c1-11(12-14-9-10-16(12)5)7-6-8-15-13(2,3)4/h7,9-10,15H,6,8H2,1-5H3. The molecule has 0 spiro atoms. The topological polar surface area (TPSA) is 29.9 Å². The molecule has 0 bridgehead atoms. The van der Waals surface area contributed by atoms with Gasteiger partial charge in [0.05, 0.1) is 0 Å². The Hall–Kier alpha value is -1.09. The molecule has 0 fully saturated rings. The number of aryl methyl sites for hydroxylation is 1. The molecule has 0 unspecified atom stereocenters. The monoisotopic (exact) mass is 221 g/mol. The van der Waals surface area contributed by atoms with Crippen molar-refractivity contribution >= 4 is 5.57 Å². The van der Waals surface area contributed by atoms with Crippen LogP contribution in [0.1, 0.15) is 39.9 Å². The SMILES string of the molecule is CC(=CCCNC(C)(C)C)c1nccn1C. The predicted octanol–water partition coefficient (Wildman–Crippen LogP) is 2.60. The summed E-state index contributed by atoms with van der Waals surface area (Å²) in [6.45, 7) is 9.66. The second-order valence-corrected chi connectivity index (χ2v) is 5.21. The molecule has 0 saturated carbocycles. The molecule has 0 radical (unpaired) electrons. The fourth-order valence-corrected chi connectivity index (χ4v) is 1.57. The van der Waals surface area contributed by atoms with Gasteiger partial charge in [0.15, 0.2) is 0 Å². The Morgan fingerprint density at radius 2 is 2.19 bits per heavy atom. The lowest BCUT2D eigenvalue weighted by Gasteiger charge is -2.19. The van der Waals surface area contributed by atoms with Gasteiger partial charge in [-0.3, -0.25) is 0 Å². The molecule has 0 aliphatic rings. The molecule has 3 heteroatoms. The molecule has 1 rings (SSSR count). The Labute approximate surface area is 98.6 Å². The lowest BCUT2D eigenvalue weighted by molar-refractivity contribution is 0.431. The fourth-order valence-electron chi connectivity index (χ4n) is 1.57. The third kappa shape index (κ3) is 4.19. The average Bonchev–Trinajstić information content (AvgIpc) is 2.57. The highest BCUT2D eigenvalue weighted by atomic mass is 15.0. The van der Waals surface area contributed by atoms with Crippen LogP contribution < -0.4 is 5.32 Å². The quantitative estimate of drug-likeness (QED) is 0.792. The maximum Gasteiger partial charge on any atom is 0.134 e. The van der Waals surface area contributed by atoms with Crippen LogP contribution in [-0.4, -0.2) is 21.6 Å². The molecule has 0 aromatic carbocycles. The molecule has 0 amide bonds. The molecular formula is C13H23N3. The molecule has 0 saturated heterocycles. The molecule has 1 aromatic rings. The first-order valence-electron chi connectivity index (χ1n) is 5.79. The van der Waals surface area contributed by atoms with E-state index in [0.717, 1.165) is 18.8 Å². The van der Waals surface area contributed by atoms with Gasteiger partial charge in [0.1, 0.15) is 5.82 Å². The van der Waals surface area contributed by atoms with E-state index in [0.29, 0.717) is 0 Å². The normalized spacial score (nSPS) is 13.2. The van der Waals surface area contributed by atoms with Gasteiger partial charge in [0.2, 0.25) is 0 Å². The minimum atomic E-state index is 0.199. The highest BCUT2D eigenvalue weighted by molar-refractivity contribution is 5.57. The van der Waals surface area contributed by atoms with Gasteiger partial charge in [0, 0.05) is 25.0 Å². The summed E-state index contributed by atoms with van der Waals surface area (Å²) in [5.74, 6) is 1.05. The first-order valence-corrected chi connectivity index (χ1v) is 5.79. The molecule has 90 valence electrons. The van der Waals surface area contributed by atoms with Gasteiger partial charge >= 0.3 is 0 Å². The maximum absolute atomic E-state index is 4.32. The largest absolute Gasteiger partial charge is 0.334 e. The van der Waals surface area contributed by atoms with Crippen molar-refractivity contribution in [2.24, 2.45) is 7.05 Å². The molecule has 3 nitrogen and oxygen atoms in total. The van der Waals surface area contributed by atoms with Gasteiger partial charge in [-0.15, -0.1) is 0 Å². The van der Waals surface area contributed by atoms with Crippen molar-refractivity contribution in [1.82, 2.24) is 14.9 Å². The van der Waals surface area contributed by atoms with E-state index in [2.05, 4.69) is 44.1 Å². The number of allylic oxidation sites excluding steroid dienone is 1. The van der Waals surface area contributed by atoms with Crippen molar-refractivity contribution in [3.8, 4) is 0 Å². The van der Waals surface area contributed by atoms with E-state index in [4.69, 9.17) is 0 Å². The van der Waals surface area contributed by atoms with Gasteiger partial charge < -0.3 is 9.88 Å². The smallest absolute Gasteiger partial charge is 0.134 e. The van der Waals surface area contributed by atoms with Crippen LogP contribution in [0.2, 0.25) is 0 Å². The Balaban J connectivity index is 2.44. The minimum absolute atomic E-state index is 0.199. The molecular weight excluding hydrogens is 198 g/mol. The van der Waals surface area contributed by atoms with Crippen LogP contribution in [0.3, 0.4) is 0 Å². The average molecular weight is 221 g/mol. The van der Waals surface area contributed by atoms with Crippen LogP contribution in [0.4, 0.5) is 0 Å². The zero-order valence-corrected chi connectivity index (χ0v) is 11.0. The fraction of sp³-hybridized carbons (Fsp3) is 0.615. The van der Waals surface area contributed by atoms with E-state index < -0.39 is 0 Å². The predicted molar refractivity (Wildman–Crippen MR) is 69.2 cm³/mol. The Kier molecular flexibility index (Phi) is 4.30.